The van der Waals surface area contributed by atoms with Crippen molar-refractivity contribution in [2.24, 2.45) is 0 Å². The van der Waals surface area contributed by atoms with Gasteiger partial charge in [-0.2, -0.15) is 0 Å². The second-order valence-corrected chi connectivity index (χ2v) is 5.66. The lowest BCUT2D eigenvalue weighted by atomic mass is 10.1. The molecule has 0 radical (unpaired) electrons. The topological polar surface area (TPSA) is 31.4 Å². The predicted octanol–water partition coefficient (Wildman–Crippen LogP) is 4.74. The molecule has 1 aromatic heterocycles. The van der Waals surface area contributed by atoms with Gasteiger partial charge in [-0.05, 0) is 35.4 Å². The van der Waals surface area contributed by atoms with Gasteiger partial charge in [0, 0.05) is 17.0 Å². The Kier molecular flexibility index (Phi) is 2.56. The van der Waals surface area contributed by atoms with Gasteiger partial charge in [0.15, 0.2) is 11.5 Å². The molecule has 3 aliphatic rings. The third-order valence-electron chi connectivity index (χ3n) is 4.21. The minimum Gasteiger partial charge on any atom is -0.454 e. The van der Waals surface area contributed by atoms with Gasteiger partial charge in [-0.3, -0.25) is 0 Å². The lowest BCUT2D eigenvalue weighted by Gasteiger charge is -2.03. The molecule has 0 fully saturated rings. The van der Waals surface area contributed by atoms with Crippen molar-refractivity contribution in [3.05, 3.63) is 66.7 Å². The molecule has 0 bridgehead atoms. The monoisotopic (exact) mass is 299 g/mol. The summed E-state index contributed by atoms with van der Waals surface area (Å²) < 4.78 is 10.9. The van der Waals surface area contributed by atoms with E-state index < -0.39 is 0 Å². The van der Waals surface area contributed by atoms with E-state index in [1.54, 1.807) is 0 Å². The van der Waals surface area contributed by atoms with Crippen LogP contribution in [0.4, 0.5) is 0 Å². The summed E-state index contributed by atoms with van der Waals surface area (Å²) in [5.41, 5.74) is 5.46. The highest BCUT2D eigenvalue weighted by Crippen LogP contribution is 2.37. The second-order valence-electron chi connectivity index (χ2n) is 5.66. The SMILES string of the molecule is c1ccc2cc(-c3ccc4cc5c(cc4n3)OCO5)cc-2cc1. The summed E-state index contributed by atoms with van der Waals surface area (Å²) >= 11 is 0. The summed E-state index contributed by atoms with van der Waals surface area (Å²) in [6, 6.07) is 22.8. The summed E-state index contributed by atoms with van der Waals surface area (Å²) in [5, 5.41) is 1.06. The van der Waals surface area contributed by atoms with E-state index in [1.807, 2.05) is 18.2 Å². The Labute approximate surface area is 133 Å². The van der Waals surface area contributed by atoms with Crippen LogP contribution in [0, 0.1) is 0 Å². The van der Waals surface area contributed by atoms with Gasteiger partial charge in [0.25, 0.3) is 0 Å². The molecule has 2 aliphatic carbocycles. The van der Waals surface area contributed by atoms with E-state index in [1.165, 1.54) is 11.1 Å². The van der Waals surface area contributed by atoms with Gasteiger partial charge < -0.3 is 9.47 Å². The molecule has 110 valence electrons. The second kappa shape index (κ2) is 4.71. The predicted molar refractivity (Wildman–Crippen MR) is 89.9 cm³/mol. The summed E-state index contributed by atoms with van der Waals surface area (Å²) in [6.45, 7) is 0.282. The van der Waals surface area contributed by atoms with Crippen molar-refractivity contribution in [3.63, 3.8) is 0 Å². The number of hydrogen-bond donors (Lipinski definition) is 0. The highest BCUT2D eigenvalue weighted by Gasteiger charge is 2.15. The largest absolute Gasteiger partial charge is 0.454 e. The zero-order chi connectivity index (χ0) is 15.2. The number of fused-ring (bicyclic) bond motifs is 3. The molecule has 0 unspecified atom stereocenters. The average molecular weight is 299 g/mol. The van der Waals surface area contributed by atoms with E-state index in [4.69, 9.17) is 14.5 Å². The molecule has 0 amide bonds. The zero-order valence-corrected chi connectivity index (χ0v) is 12.3. The number of pyridine rings is 1. The van der Waals surface area contributed by atoms with E-state index in [0.717, 1.165) is 33.7 Å². The summed E-state index contributed by atoms with van der Waals surface area (Å²) in [4.78, 5) is 4.80. The molecular weight excluding hydrogens is 286 g/mol. The smallest absolute Gasteiger partial charge is 0.231 e. The molecule has 0 spiro atoms. The normalized spacial score (nSPS) is 12.9. The molecule has 23 heavy (non-hydrogen) atoms. The molecular formula is C20H13NO2. The maximum atomic E-state index is 5.45. The van der Waals surface area contributed by atoms with Crippen LogP contribution in [0.25, 0.3) is 33.3 Å². The first-order valence-electron chi connectivity index (χ1n) is 7.56. The first-order valence-corrected chi connectivity index (χ1v) is 7.56. The molecule has 0 saturated carbocycles. The van der Waals surface area contributed by atoms with E-state index in [9.17, 15) is 0 Å². The molecule has 0 N–H and O–H groups in total. The highest BCUT2D eigenvalue weighted by molar-refractivity contribution is 5.86. The molecule has 1 aromatic carbocycles. The van der Waals surface area contributed by atoms with Gasteiger partial charge in [-0.25, -0.2) is 4.98 Å². The summed E-state index contributed by atoms with van der Waals surface area (Å²) in [5.74, 6) is 1.56. The Morgan fingerprint density at radius 2 is 1.43 bits per heavy atom. The van der Waals surface area contributed by atoms with Crippen LogP contribution in [0.1, 0.15) is 0 Å². The van der Waals surface area contributed by atoms with Crippen LogP contribution in [0.3, 0.4) is 0 Å². The van der Waals surface area contributed by atoms with Gasteiger partial charge in [0.1, 0.15) is 0 Å². The van der Waals surface area contributed by atoms with Crippen LogP contribution in [0.15, 0.2) is 66.7 Å². The Balaban J connectivity index is 1.67. The third-order valence-corrected chi connectivity index (χ3v) is 4.21. The Hall–Kier alpha value is -3.07. The fourth-order valence-electron chi connectivity index (χ4n) is 3.04. The van der Waals surface area contributed by atoms with E-state index in [0.29, 0.717) is 0 Å². The quantitative estimate of drug-likeness (QED) is 0.509. The van der Waals surface area contributed by atoms with Gasteiger partial charge in [-0.15, -0.1) is 0 Å². The third kappa shape index (κ3) is 2.01. The van der Waals surface area contributed by atoms with Crippen molar-refractivity contribution in [3.8, 4) is 33.9 Å². The summed E-state index contributed by atoms with van der Waals surface area (Å²) in [7, 11) is 0. The Morgan fingerprint density at radius 1 is 0.696 bits per heavy atom. The zero-order valence-electron chi connectivity index (χ0n) is 12.3. The van der Waals surface area contributed by atoms with Crippen molar-refractivity contribution >= 4 is 10.9 Å². The maximum absolute atomic E-state index is 5.45. The minimum atomic E-state index is 0.282. The van der Waals surface area contributed by atoms with Crippen molar-refractivity contribution in [2.45, 2.75) is 0 Å². The lowest BCUT2D eigenvalue weighted by Crippen LogP contribution is -1.92. The Morgan fingerprint density at radius 3 is 2.22 bits per heavy atom. The standard InChI is InChI=1S/C20H13NO2/c1-2-4-13-8-16(9-14(13)5-3-1)17-7-6-15-10-19-20(23-12-22-19)11-18(15)21-17/h1-11H,12H2. The lowest BCUT2D eigenvalue weighted by molar-refractivity contribution is 0.174. The molecule has 0 saturated heterocycles. The number of benzene rings is 1. The molecule has 2 heterocycles. The van der Waals surface area contributed by atoms with Crippen molar-refractivity contribution < 1.29 is 9.47 Å². The van der Waals surface area contributed by atoms with Gasteiger partial charge in [0.2, 0.25) is 6.79 Å². The van der Waals surface area contributed by atoms with Crippen molar-refractivity contribution in [1.82, 2.24) is 4.98 Å². The number of rotatable bonds is 1. The van der Waals surface area contributed by atoms with Crippen LogP contribution < -0.4 is 9.47 Å². The van der Waals surface area contributed by atoms with E-state index >= 15 is 0 Å². The number of nitrogens with zero attached hydrogens (tertiary/aromatic N) is 1. The average Bonchev–Trinajstić information content (AvgIpc) is 3.13. The van der Waals surface area contributed by atoms with Crippen LogP contribution in [0.5, 0.6) is 11.5 Å². The van der Waals surface area contributed by atoms with Crippen LogP contribution in [-0.4, -0.2) is 11.8 Å². The van der Waals surface area contributed by atoms with Gasteiger partial charge in [-0.1, -0.05) is 36.4 Å². The van der Waals surface area contributed by atoms with Crippen LogP contribution >= 0.6 is 0 Å². The first kappa shape index (κ1) is 12.5. The molecule has 1 aliphatic heterocycles. The molecule has 2 aromatic rings. The fraction of sp³-hybridized carbons (Fsp3) is 0.0500. The molecule has 3 nitrogen and oxygen atoms in total. The molecule has 0 atom stereocenters. The van der Waals surface area contributed by atoms with E-state index in [2.05, 4.69) is 48.5 Å². The number of hydrogen-bond acceptors (Lipinski definition) is 3. The molecule has 5 rings (SSSR count). The first-order chi connectivity index (χ1) is 11.4. The van der Waals surface area contributed by atoms with Gasteiger partial charge >= 0.3 is 0 Å². The fourth-order valence-corrected chi connectivity index (χ4v) is 3.04. The number of aromatic nitrogens is 1. The van der Waals surface area contributed by atoms with Crippen LogP contribution in [0.2, 0.25) is 0 Å². The Bertz CT molecular complexity index is 979. The van der Waals surface area contributed by atoms with Crippen molar-refractivity contribution in [1.29, 1.82) is 0 Å². The molecule has 3 heteroatoms. The van der Waals surface area contributed by atoms with E-state index in [-0.39, 0.29) is 6.79 Å². The summed E-state index contributed by atoms with van der Waals surface area (Å²) in [6.07, 6.45) is 0. The minimum absolute atomic E-state index is 0.282. The highest BCUT2D eigenvalue weighted by atomic mass is 16.7. The van der Waals surface area contributed by atoms with Crippen molar-refractivity contribution in [2.75, 3.05) is 6.79 Å². The number of ether oxygens (including phenoxy) is 2. The van der Waals surface area contributed by atoms with Gasteiger partial charge in [0.05, 0.1) is 11.2 Å². The maximum Gasteiger partial charge on any atom is 0.231 e. The van der Waals surface area contributed by atoms with Crippen LogP contribution in [-0.2, 0) is 0 Å².